The van der Waals surface area contributed by atoms with Gasteiger partial charge in [0.05, 0.1) is 37.2 Å². The molecule has 0 radical (unpaired) electrons. The first-order valence-electron chi connectivity index (χ1n) is 12.6. The topological polar surface area (TPSA) is 107 Å². The highest BCUT2D eigenvalue weighted by Gasteiger charge is 2.37. The van der Waals surface area contributed by atoms with E-state index in [0.717, 1.165) is 41.6 Å². The van der Waals surface area contributed by atoms with E-state index in [1.165, 1.54) is 29.0 Å². The van der Waals surface area contributed by atoms with Crippen molar-refractivity contribution in [2.45, 2.75) is 38.0 Å². The number of pyridine rings is 1. The molecule has 1 fully saturated rings. The predicted molar refractivity (Wildman–Crippen MR) is 137 cm³/mol. The van der Waals surface area contributed by atoms with E-state index < -0.39 is 11.9 Å². The van der Waals surface area contributed by atoms with Crippen molar-refractivity contribution < 1.29 is 22.7 Å². The van der Waals surface area contributed by atoms with Gasteiger partial charge < -0.3 is 14.2 Å². The van der Waals surface area contributed by atoms with E-state index in [2.05, 4.69) is 19.9 Å². The van der Waals surface area contributed by atoms with Crippen molar-refractivity contribution in [3.05, 3.63) is 53.5 Å². The number of rotatable bonds is 5. The summed E-state index contributed by atoms with van der Waals surface area (Å²) in [7, 11) is 6.57. The van der Waals surface area contributed by atoms with Crippen molar-refractivity contribution in [1.29, 1.82) is 0 Å². The van der Waals surface area contributed by atoms with Crippen molar-refractivity contribution in [2.24, 2.45) is 14.1 Å². The van der Waals surface area contributed by atoms with Gasteiger partial charge >= 0.3 is 12.2 Å². The van der Waals surface area contributed by atoms with Crippen LogP contribution >= 0.6 is 0 Å². The van der Waals surface area contributed by atoms with Gasteiger partial charge in [-0.15, -0.1) is 0 Å². The molecule has 4 aromatic rings. The van der Waals surface area contributed by atoms with E-state index in [0.29, 0.717) is 35.4 Å². The zero-order valence-electron chi connectivity index (χ0n) is 22.3. The molecule has 0 saturated heterocycles. The van der Waals surface area contributed by atoms with Crippen LogP contribution in [0.4, 0.5) is 23.8 Å². The maximum absolute atomic E-state index is 13.5. The Bertz CT molecular complexity index is 1610. The number of urea groups is 1. The summed E-state index contributed by atoms with van der Waals surface area (Å²) in [6.45, 7) is 0.477. The van der Waals surface area contributed by atoms with Gasteiger partial charge in [0.1, 0.15) is 23.7 Å². The molecule has 1 aliphatic heterocycles. The standard InChI is InChI=1S/C26H26F3N9O2/c1-35-12-18(26(27,28)29)33-23(35)15-7-8-19(30-9-15)38-10-16-17(11-36(2)25(38)39)37(3)34-22(16)20-21(14-5-6-14)31-13-32-24(20)40-4/h7-9,12-14H,5-6,10-11H2,1-4H3. The first-order valence-corrected chi connectivity index (χ1v) is 12.6. The lowest BCUT2D eigenvalue weighted by Gasteiger charge is -2.24. The van der Waals surface area contributed by atoms with Crippen LogP contribution in [0, 0.1) is 0 Å². The van der Waals surface area contributed by atoms with Crippen LogP contribution in [0.15, 0.2) is 30.9 Å². The van der Waals surface area contributed by atoms with Crippen LogP contribution in [0.5, 0.6) is 5.88 Å². The van der Waals surface area contributed by atoms with Crippen LogP contribution in [0.3, 0.4) is 0 Å². The number of imidazole rings is 1. The number of anilines is 1. The maximum Gasteiger partial charge on any atom is 0.434 e. The second kappa shape index (κ2) is 9.31. The summed E-state index contributed by atoms with van der Waals surface area (Å²) in [6, 6.07) is 2.93. The molecule has 0 atom stereocenters. The summed E-state index contributed by atoms with van der Waals surface area (Å²) in [5, 5.41) is 4.83. The van der Waals surface area contributed by atoms with Crippen LogP contribution < -0.4 is 9.64 Å². The number of methoxy groups -OCH3 is 1. The van der Waals surface area contributed by atoms with Crippen molar-refractivity contribution >= 4 is 11.8 Å². The number of aromatic nitrogens is 7. The van der Waals surface area contributed by atoms with Gasteiger partial charge in [-0.25, -0.2) is 24.7 Å². The third-order valence-corrected chi connectivity index (χ3v) is 7.22. The number of hydrogen-bond acceptors (Lipinski definition) is 7. The van der Waals surface area contributed by atoms with Crippen molar-refractivity contribution in [3.63, 3.8) is 0 Å². The summed E-state index contributed by atoms with van der Waals surface area (Å²) < 4.78 is 48.1. The first kappa shape index (κ1) is 25.8. The van der Waals surface area contributed by atoms with Gasteiger partial charge in [0.2, 0.25) is 5.88 Å². The molecule has 0 N–H and O–H groups in total. The van der Waals surface area contributed by atoms with Crippen LogP contribution in [-0.4, -0.2) is 59.4 Å². The van der Waals surface area contributed by atoms with Crippen LogP contribution in [-0.2, 0) is 33.4 Å². The molecule has 0 unspecified atom stereocenters. The molecule has 0 spiro atoms. The third kappa shape index (κ3) is 4.32. The summed E-state index contributed by atoms with van der Waals surface area (Å²) in [4.78, 5) is 33.7. The number of alkyl halides is 3. The molecule has 6 rings (SSSR count). The lowest BCUT2D eigenvalue weighted by atomic mass is 10.0. The Morgan fingerprint density at radius 1 is 1.05 bits per heavy atom. The largest absolute Gasteiger partial charge is 0.480 e. The van der Waals surface area contributed by atoms with Crippen molar-refractivity contribution in [2.75, 3.05) is 19.1 Å². The molecule has 4 aromatic heterocycles. The van der Waals surface area contributed by atoms with E-state index in [4.69, 9.17) is 9.84 Å². The van der Waals surface area contributed by atoms with Crippen LogP contribution in [0.2, 0.25) is 0 Å². The molecular weight excluding hydrogens is 527 g/mol. The monoisotopic (exact) mass is 553 g/mol. The fourth-order valence-electron chi connectivity index (χ4n) is 5.05. The Morgan fingerprint density at radius 3 is 2.45 bits per heavy atom. The highest BCUT2D eigenvalue weighted by molar-refractivity contribution is 5.92. The van der Waals surface area contributed by atoms with Gasteiger partial charge in [-0.1, -0.05) is 0 Å². The lowest BCUT2D eigenvalue weighted by Crippen LogP contribution is -2.39. The van der Waals surface area contributed by atoms with Crippen LogP contribution in [0.1, 0.15) is 41.4 Å². The highest BCUT2D eigenvalue weighted by Crippen LogP contribution is 2.46. The summed E-state index contributed by atoms with van der Waals surface area (Å²) in [5.41, 5.74) is 3.32. The number of amides is 2. The molecule has 2 amide bonds. The van der Waals surface area contributed by atoms with E-state index in [-0.39, 0.29) is 18.4 Å². The third-order valence-electron chi connectivity index (χ3n) is 7.22. The number of carbonyl (C=O) groups excluding carboxylic acids is 1. The smallest absolute Gasteiger partial charge is 0.434 e. The molecule has 5 heterocycles. The maximum atomic E-state index is 13.5. The molecule has 208 valence electrons. The molecule has 2 aliphatic rings. The van der Waals surface area contributed by atoms with Gasteiger partial charge in [0.15, 0.2) is 5.69 Å². The van der Waals surface area contributed by atoms with Gasteiger partial charge in [-0.2, -0.15) is 18.3 Å². The predicted octanol–water partition coefficient (Wildman–Crippen LogP) is 4.15. The zero-order chi connectivity index (χ0) is 28.3. The van der Waals surface area contributed by atoms with Gasteiger partial charge in [-0.3, -0.25) is 9.58 Å². The fourth-order valence-corrected chi connectivity index (χ4v) is 5.05. The molecule has 11 nitrogen and oxygen atoms in total. The second-order valence-electron chi connectivity index (χ2n) is 10.0. The van der Waals surface area contributed by atoms with Gasteiger partial charge in [0, 0.05) is 50.6 Å². The molecular formula is C26H26F3N9O2. The van der Waals surface area contributed by atoms with Crippen molar-refractivity contribution in [1.82, 2.24) is 39.2 Å². The van der Waals surface area contributed by atoms with E-state index >= 15 is 0 Å². The lowest BCUT2D eigenvalue weighted by molar-refractivity contribution is -0.140. The number of ether oxygens (including phenoxy) is 1. The number of hydrogen-bond donors (Lipinski definition) is 0. The van der Waals surface area contributed by atoms with Gasteiger partial charge in [-0.05, 0) is 25.0 Å². The highest BCUT2D eigenvalue weighted by atomic mass is 19.4. The summed E-state index contributed by atoms with van der Waals surface area (Å²) >= 11 is 0. The summed E-state index contributed by atoms with van der Waals surface area (Å²) in [5.74, 6) is 1.18. The Morgan fingerprint density at radius 2 is 1.82 bits per heavy atom. The van der Waals surface area contributed by atoms with Gasteiger partial charge in [0.25, 0.3) is 0 Å². The summed E-state index contributed by atoms with van der Waals surface area (Å²) in [6.07, 6.45) is 1.32. The molecule has 0 bridgehead atoms. The number of fused-ring (bicyclic) bond motifs is 1. The minimum absolute atomic E-state index is 0.117. The van der Waals surface area contributed by atoms with E-state index in [1.807, 2.05) is 7.05 Å². The minimum Gasteiger partial charge on any atom is -0.480 e. The molecule has 40 heavy (non-hydrogen) atoms. The first-order chi connectivity index (χ1) is 19.1. The second-order valence-corrected chi connectivity index (χ2v) is 10.0. The Hall–Kier alpha value is -4.49. The average molecular weight is 554 g/mol. The Labute approximate surface area is 227 Å². The number of carbonyl (C=O) groups is 1. The molecule has 1 aliphatic carbocycles. The zero-order valence-corrected chi connectivity index (χ0v) is 22.3. The Kier molecular flexibility index (Phi) is 6.00. The quantitative estimate of drug-likeness (QED) is 0.366. The normalized spacial score (nSPS) is 15.8. The molecule has 1 saturated carbocycles. The van der Waals surface area contributed by atoms with E-state index in [1.54, 1.807) is 35.9 Å². The minimum atomic E-state index is -4.56. The molecule has 0 aromatic carbocycles. The van der Waals surface area contributed by atoms with E-state index in [9.17, 15) is 18.0 Å². The number of halogens is 3. The fraction of sp³-hybridized carbons (Fsp3) is 0.385. The molecule has 14 heteroatoms. The average Bonchev–Trinajstić information content (AvgIpc) is 3.65. The Balaban J connectivity index is 1.40. The van der Waals surface area contributed by atoms with Crippen LogP contribution in [0.25, 0.3) is 22.6 Å². The SMILES string of the molecule is COc1ncnc(C2CC2)c1-c1nn(C)c2c1CN(c1ccc(-c3nc(C(F)(F)F)cn3C)cn1)C(=O)N(C)C2. The van der Waals surface area contributed by atoms with Crippen molar-refractivity contribution in [3.8, 4) is 28.5 Å². The number of nitrogens with zero attached hydrogens (tertiary/aromatic N) is 9. The number of aryl methyl sites for hydroxylation is 2.